The molecule has 1 heterocycles. The summed E-state index contributed by atoms with van der Waals surface area (Å²) in [4.78, 5) is 0. The summed E-state index contributed by atoms with van der Waals surface area (Å²) in [5.41, 5.74) is 6.60. The lowest BCUT2D eigenvalue weighted by molar-refractivity contribution is 0.0872. The van der Waals surface area contributed by atoms with E-state index < -0.39 is 0 Å². The van der Waals surface area contributed by atoms with Crippen molar-refractivity contribution >= 4 is 0 Å². The van der Waals surface area contributed by atoms with E-state index in [0.29, 0.717) is 17.6 Å². The number of hydrogen-bond acceptors (Lipinski definition) is 3. The van der Waals surface area contributed by atoms with Crippen molar-refractivity contribution in [1.29, 1.82) is 0 Å². The molecule has 2 fully saturated rings. The SMILES string of the molecule is CO[C@@H]1C[C@@H](N)C2(CCNCC2)C1. The monoisotopic (exact) mass is 184 g/mol. The zero-order valence-corrected chi connectivity index (χ0v) is 8.38. The van der Waals surface area contributed by atoms with Gasteiger partial charge in [0.25, 0.3) is 0 Å². The maximum atomic E-state index is 6.20. The zero-order valence-electron chi connectivity index (χ0n) is 8.38. The number of methoxy groups -OCH3 is 1. The Kier molecular flexibility index (Phi) is 2.58. The Labute approximate surface area is 80.0 Å². The third-order valence-electron chi connectivity index (χ3n) is 3.87. The van der Waals surface area contributed by atoms with Crippen LogP contribution in [-0.4, -0.2) is 32.3 Å². The smallest absolute Gasteiger partial charge is 0.0592 e. The quantitative estimate of drug-likeness (QED) is 0.623. The largest absolute Gasteiger partial charge is 0.381 e. The first-order valence-corrected chi connectivity index (χ1v) is 5.26. The van der Waals surface area contributed by atoms with Crippen LogP contribution in [-0.2, 0) is 4.74 Å². The van der Waals surface area contributed by atoms with E-state index in [0.717, 1.165) is 19.5 Å². The Morgan fingerprint density at radius 3 is 2.62 bits per heavy atom. The number of hydrogen-bond donors (Lipinski definition) is 2. The van der Waals surface area contributed by atoms with E-state index in [1.165, 1.54) is 19.3 Å². The third kappa shape index (κ3) is 1.60. The summed E-state index contributed by atoms with van der Waals surface area (Å²) in [6, 6.07) is 0.361. The molecule has 3 nitrogen and oxygen atoms in total. The average molecular weight is 184 g/mol. The molecular formula is C10H20N2O. The van der Waals surface area contributed by atoms with Crippen molar-refractivity contribution in [3.05, 3.63) is 0 Å². The maximum absolute atomic E-state index is 6.20. The molecule has 0 radical (unpaired) electrons. The molecule has 0 bridgehead atoms. The molecule has 1 spiro atoms. The summed E-state index contributed by atoms with van der Waals surface area (Å²) < 4.78 is 5.41. The van der Waals surface area contributed by atoms with E-state index in [-0.39, 0.29) is 0 Å². The fourth-order valence-electron chi connectivity index (χ4n) is 2.90. The van der Waals surface area contributed by atoms with Crippen molar-refractivity contribution in [2.24, 2.45) is 11.1 Å². The van der Waals surface area contributed by atoms with Crippen LogP contribution in [0.3, 0.4) is 0 Å². The molecular weight excluding hydrogens is 164 g/mol. The molecule has 1 saturated heterocycles. The van der Waals surface area contributed by atoms with E-state index in [1.54, 1.807) is 7.11 Å². The Morgan fingerprint density at radius 1 is 1.38 bits per heavy atom. The lowest BCUT2D eigenvalue weighted by atomic mass is 9.75. The highest BCUT2D eigenvalue weighted by atomic mass is 16.5. The highest BCUT2D eigenvalue weighted by Crippen LogP contribution is 2.44. The van der Waals surface area contributed by atoms with Crippen molar-refractivity contribution < 1.29 is 4.74 Å². The Morgan fingerprint density at radius 2 is 2.08 bits per heavy atom. The summed E-state index contributed by atoms with van der Waals surface area (Å²) in [5, 5.41) is 3.39. The molecule has 1 saturated carbocycles. The van der Waals surface area contributed by atoms with E-state index >= 15 is 0 Å². The van der Waals surface area contributed by atoms with Crippen LogP contribution in [0.1, 0.15) is 25.7 Å². The summed E-state index contributed by atoms with van der Waals surface area (Å²) in [6.45, 7) is 2.26. The van der Waals surface area contributed by atoms with Crippen LogP contribution in [0.5, 0.6) is 0 Å². The maximum Gasteiger partial charge on any atom is 0.0592 e. The van der Waals surface area contributed by atoms with Gasteiger partial charge in [0.2, 0.25) is 0 Å². The minimum Gasteiger partial charge on any atom is -0.381 e. The highest BCUT2D eigenvalue weighted by Gasteiger charge is 2.45. The van der Waals surface area contributed by atoms with Gasteiger partial charge in [-0.05, 0) is 44.2 Å². The zero-order chi connectivity index (χ0) is 9.31. The first-order chi connectivity index (χ1) is 6.27. The average Bonchev–Trinajstić information content (AvgIpc) is 2.45. The highest BCUT2D eigenvalue weighted by molar-refractivity contribution is 5.01. The van der Waals surface area contributed by atoms with Gasteiger partial charge in [0, 0.05) is 13.2 Å². The van der Waals surface area contributed by atoms with E-state index in [9.17, 15) is 0 Å². The number of nitrogens with two attached hydrogens (primary N) is 1. The summed E-state index contributed by atoms with van der Waals surface area (Å²) in [5.74, 6) is 0. The summed E-state index contributed by atoms with van der Waals surface area (Å²) >= 11 is 0. The van der Waals surface area contributed by atoms with Gasteiger partial charge in [-0.25, -0.2) is 0 Å². The van der Waals surface area contributed by atoms with Gasteiger partial charge >= 0.3 is 0 Å². The molecule has 0 aromatic carbocycles. The van der Waals surface area contributed by atoms with E-state index in [2.05, 4.69) is 5.32 Å². The van der Waals surface area contributed by atoms with Crippen molar-refractivity contribution in [3.8, 4) is 0 Å². The molecule has 13 heavy (non-hydrogen) atoms. The number of ether oxygens (including phenoxy) is 1. The topological polar surface area (TPSA) is 47.3 Å². The fourth-order valence-corrected chi connectivity index (χ4v) is 2.90. The molecule has 2 rings (SSSR count). The van der Waals surface area contributed by atoms with Crippen LogP contribution in [0.15, 0.2) is 0 Å². The first-order valence-electron chi connectivity index (χ1n) is 5.26. The third-order valence-corrected chi connectivity index (χ3v) is 3.87. The van der Waals surface area contributed by atoms with Gasteiger partial charge in [0.05, 0.1) is 6.10 Å². The van der Waals surface area contributed by atoms with Crippen molar-refractivity contribution in [1.82, 2.24) is 5.32 Å². The fraction of sp³-hybridized carbons (Fsp3) is 1.00. The van der Waals surface area contributed by atoms with Crippen molar-refractivity contribution in [2.75, 3.05) is 20.2 Å². The van der Waals surface area contributed by atoms with Crippen LogP contribution in [0.2, 0.25) is 0 Å². The molecule has 3 N–H and O–H groups in total. The van der Waals surface area contributed by atoms with Crippen LogP contribution < -0.4 is 11.1 Å². The van der Waals surface area contributed by atoms with Crippen molar-refractivity contribution in [2.45, 2.75) is 37.8 Å². The predicted octanol–water partition coefficient (Wildman–Crippen LogP) is 0.492. The van der Waals surface area contributed by atoms with Gasteiger partial charge in [-0.3, -0.25) is 0 Å². The first kappa shape index (κ1) is 9.44. The van der Waals surface area contributed by atoms with Gasteiger partial charge in [-0.15, -0.1) is 0 Å². The normalized spacial score (nSPS) is 38.3. The van der Waals surface area contributed by atoms with Gasteiger partial charge < -0.3 is 15.8 Å². The van der Waals surface area contributed by atoms with Gasteiger partial charge in [0.1, 0.15) is 0 Å². The predicted molar refractivity (Wildman–Crippen MR) is 52.5 cm³/mol. The molecule has 76 valence electrons. The molecule has 1 aliphatic heterocycles. The van der Waals surface area contributed by atoms with Crippen molar-refractivity contribution in [3.63, 3.8) is 0 Å². The molecule has 0 aromatic heterocycles. The van der Waals surface area contributed by atoms with Gasteiger partial charge in [0.15, 0.2) is 0 Å². The molecule has 0 unspecified atom stereocenters. The van der Waals surface area contributed by atoms with Gasteiger partial charge in [-0.1, -0.05) is 0 Å². The van der Waals surface area contributed by atoms with Crippen LogP contribution in [0, 0.1) is 5.41 Å². The van der Waals surface area contributed by atoms with E-state index in [4.69, 9.17) is 10.5 Å². The minimum atomic E-state index is 0.361. The Hall–Kier alpha value is -0.120. The molecule has 0 aromatic rings. The van der Waals surface area contributed by atoms with E-state index in [1.807, 2.05) is 0 Å². The minimum absolute atomic E-state index is 0.361. The summed E-state index contributed by atoms with van der Waals surface area (Å²) in [7, 11) is 1.80. The van der Waals surface area contributed by atoms with Crippen LogP contribution >= 0.6 is 0 Å². The molecule has 1 aliphatic carbocycles. The second kappa shape index (κ2) is 3.56. The van der Waals surface area contributed by atoms with Crippen LogP contribution in [0.4, 0.5) is 0 Å². The van der Waals surface area contributed by atoms with Crippen LogP contribution in [0.25, 0.3) is 0 Å². The second-order valence-corrected chi connectivity index (χ2v) is 4.52. The number of piperidine rings is 1. The summed E-state index contributed by atoms with van der Waals surface area (Å²) in [6.07, 6.45) is 5.10. The Balaban J connectivity index is 2.04. The molecule has 2 atom stereocenters. The molecule has 2 aliphatic rings. The number of nitrogens with one attached hydrogen (secondary N) is 1. The second-order valence-electron chi connectivity index (χ2n) is 4.52. The standard InChI is InChI=1S/C10H20N2O/c1-13-8-6-9(11)10(7-8)2-4-12-5-3-10/h8-9,12H,2-7,11H2,1H3/t8-,9-/m1/s1. The molecule has 3 heteroatoms. The Bertz CT molecular complexity index is 178. The molecule has 0 amide bonds. The lowest BCUT2D eigenvalue weighted by Gasteiger charge is -2.37. The lowest BCUT2D eigenvalue weighted by Crippen LogP contribution is -2.45. The number of rotatable bonds is 1. The van der Waals surface area contributed by atoms with Gasteiger partial charge in [-0.2, -0.15) is 0 Å².